The normalized spacial score (nSPS) is 13.7. The van der Waals surface area contributed by atoms with Crippen molar-refractivity contribution in [3.05, 3.63) is 23.5 Å². The number of benzene rings is 1. The summed E-state index contributed by atoms with van der Waals surface area (Å²) < 4.78 is 14.1. The number of carbonyl (C=O) groups is 2. The van der Waals surface area contributed by atoms with Gasteiger partial charge in [0, 0.05) is 13.1 Å². The van der Waals surface area contributed by atoms with E-state index in [1.54, 1.807) is 6.07 Å². The Bertz CT molecular complexity index is 540. The van der Waals surface area contributed by atoms with Crippen LogP contribution in [0.3, 0.4) is 0 Å². The Morgan fingerprint density at radius 2 is 2.00 bits per heavy atom. The van der Waals surface area contributed by atoms with Gasteiger partial charge < -0.3 is 10.2 Å². The molecular weight excluding hydrogens is 247 g/mol. The molecular formula is C14H17FN2O2. The second-order valence-electron chi connectivity index (χ2n) is 5.06. The highest BCUT2D eigenvalue weighted by molar-refractivity contribution is 6.51. The van der Waals surface area contributed by atoms with Crippen molar-refractivity contribution in [3.8, 4) is 0 Å². The number of Topliss-reactive ketones (excluding diaryl/α,β-unsaturated/α-hetero) is 1. The Balaban J connectivity index is 2.41. The van der Waals surface area contributed by atoms with Crippen LogP contribution in [0.4, 0.5) is 15.8 Å². The zero-order valence-electron chi connectivity index (χ0n) is 11.3. The van der Waals surface area contributed by atoms with Crippen LogP contribution in [0.15, 0.2) is 12.1 Å². The quantitative estimate of drug-likeness (QED) is 0.850. The van der Waals surface area contributed by atoms with Crippen molar-refractivity contribution in [2.45, 2.75) is 20.8 Å². The molecule has 1 aromatic rings. The minimum Gasteiger partial charge on any atom is -0.369 e. The number of halogens is 1. The van der Waals surface area contributed by atoms with E-state index < -0.39 is 17.5 Å². The van der Waals surface area contributed by atoms with Gasteiger partial charge >= 0.3 is 0 Å². The molecule has 0 atom stereocenters. The molecule has 2 rings (SSSR count). The lowest BCUT2D eigenvalue weighted by Crippen LogP contribution is -2.28. The summed E-state index contributed by atoms with van der Waals surface area (Å²) in [5.41, 5.74) is 0.936. The predicted octanol–water partition coefficient (Wildman–Crippen LogP) is 2.44. The lowest BCUT2D eigenvalue weighted by Gasteiger charge is -2.26. The van der Waals surface area contributed by atoms with Crippen molar-refractivity contribution in [2.24, 2.45) is 5.92 Å². The number of nitrogens with zero attached hydrogens (tertiary/aromatic N) is 1. The van der Waals surface area contributed by atoms with Gasteiger partial charge in [0.2, 0.25) is 0 Å². The highest BCUT2D eigenvalue weighted by Crippen LogP contribution is 2.31. The average Bonchev–Trinajstić information content (AvgIpc) is 2.62. The summed E-state index contributed by atoms with van der Waals surface area (Å²) in [6.45, 7) is 7.43. The van der Waals surface area contributed by atoms with Crippen LogP contribution < -0.4 is 10.2 Å². The van der Waals surface area contributed by atoms with Crippen LogP contribution in [0.1, 0.15) is 31.1 Å². The maximum Gasteiger partial charge on any atom is 0.296 e. The first-order chi connectivity index (χ1) is 8.93. The fourth-order valence-corrected chi connectivity index (χ4v) is 2.24. The number of hydrogen-bond donors (Lipinski definition) is 1. The Kier molecular flexibility index (Phi) is 3.55. The van der Waals surface area contributed by atoms with Gasteiger partial charge in [-0.3, -0.25) is 9.59 Å². The number of rotatable bonds is 4. The van der Waals surface area contributed by atoms with Crippen molar-refractivity contribution in [1.82, 2.24) is 0 Å². The van der Waals surface area contributed by atoms with Gasteiger partial charge in [-0.2, -0.15) is 0 Å². The molecule has 1 aromatic carbocycles. The van der Waals surface area contributed by atoms with E-state index in [0.717, 1.165) is 6.07 Å². The van der Waals surface area contributed by atoms with E-state index in [-0.39, 0.29) is 5.56 Å². The molecule has 102 valence electrons. The van der Waals surface area contributed by atoms with Crippen LogP contribution in [0.5, 0.6) is 0 Å². The minimum absolute atomic E-state index is 0.117. The summed E-state index contributed by atoms with van der Waals surface area (Å²) in [5, 5.41) is 2.47. The molecule has 1 amide bonds. The lowest BCUT2D eigenvalue weighted by atomic mass is 10.1. The third-order valence-corrected chi connectivity index (χ3v) is 3.09. The molecule has 1 aliphatic rings. The molecule has 0 fully saturated rings. The first-order valence-electron chi connectivity index (χ1n) is 6.38. The van der Waals surface area contributed by atoms with Crippen molar-refractivity contribution in [2.75, 3.05) is 23.3 Å². The van der Waals surface area contributed by atoms with Crippen LogP contribution >= 0.6 is 0 Å². The SMILES string of the molecule is CCN(CC(C)C)c1cc2c(cc1F)C(=O)C(=O)N2. The predicted molar refractivity (Wildman–Crippen MR) is 72.1 cm³/mol. The number of ketones is 1. The molecule has 0 aliphatic carbocycles. The summed E-state index contributed by atoms with van der Waals surface area (Å²) in [7, 11) is 0. The molecule has 0 saturated heterocycles. The van der Waals surface area contributed by atoms with Crippen LogP contribution in [-0.4, -0.2) is 24.8 Å². The van der Waals surface area contributed by atoms with Crippen LogP contribution in [0, 0.1) is 11.7 Å². The van der Waals surface area contributed by atoms with E-state index in [0.29, 0.717) is 30.4 Å². The third kappa shape index (κ3) is 2.45. The lowest BCUT2D eigenvalue weighted by molar-refractivity contribution is -0.112. The topological polar surface area (TPSA) is 49.4 Å². The first-order valence-corrected chi connectivity index (χ1v) is 6.38. The number of fused-ring (bicyclic) bond motifs is 1. The number of amides is 1. The molecule has 19 heavy (non-hydrogen) atoms. The summed E-state index contributed by atoms with van der Waals surface area (Å²) in [4.78, 5) is 24.7. The van der Waals surface area contributed by atoms with Crippen molar-refractivity contribution in [1.29, 1.82) is 0 Å². The van der Waals surface area contributed by atoms with E-state index in [4.69, 9.17) is 0 Å². The largest absolute Gasteiger partial charge is 0.369 e. The first kappa shape index (κ1) is 13.5. The molecule has 4 nitrogen and oxygen atoms in total. The zero-order valence-corrected chi connectivity index (χ0v) is 11.3. The minimum atomic E-state index is -0.696. The maximum absolute atomic E-state index is 14.1. The van der Waals surface area contributed by atoms with E-state index in [1.807, 2.05) is 11.8 Å². The maximum atomic E-state index is 14.1. The second kappa shape index (κ2) is 4.99. The second-order valence-corrected chi connectivity index (χ2v) is 5.06. The van der Waals surface area contributed by atoms with Gasteiger partial charge in [-0.1, -0.05) is 13.8 Å². The van der Waals surface area contributed by atoms with Crippen LogP contribution in [0.25, 0.3) is 0 Å². The molecule has 1 heterocycles. The van der Waals surface area contributed by atoms with Gasteiger partial charge in [-0.05, 0) is 25.0 Å². The van der Waals surface area contributed by atoms with Crippen molar-refractivity contribution < 1.29 is 14.0 Å². The zero-order chi connectivity index (χ0) is 14.2. The van der Waals surface area contributed by atoms with Gasteiger partial charge in [0.15, 0.2) is 0 Å². The van der Waals surface area contributed by atoms with Gasteiger partial charge in [-0.15, -0.1) is 0 Å². The summed E-state index contributed by atoms with van der Waals surface area (Å²) in [5.74, 6) is -1.44. The van der Waals surface area contributed by atoms with Gasteiger partial charge in [0.25, 0.3) is 11.7 Å². The highest BCUT2D eigenvalue weighted by atomic mass is 19.1. The van der Waals surface area contributed by atoms with Crippen molar-refractivity contribution in [3.63, 3.8) is 0 Å². The molecule has 1 aliphatic heterocycles. The summed E-state index contributed by atoms with van der Waals surface area (Å²) in [6.07, 6.45) is 0. The fraction of sp³-hybridized carbons (Fsp3) is 0.429. The van der Waals surface area contributed by atoms with E-state index in [1.165, 1.54) is 0 Å². The number of nitrogens with one attached hydrogen (secondary N) is 1. The van der Waals surface area contributed by atoms with Crippen LogP contribution in [-0.2, 0) is 4.79 Å². The Hall–Kier alpha value is -1.91. The summed E-state index contributed by atoms with van der Waals surface area (Å²) >= 11 is 0. The van der Waals surface area contributed by atoms with E-state index >= 15 is 0 Å². The average molecular weight is 264 g/mol. The number of anilines is 2. The molecule has 0 saturated carbocycles. The Labute approximate surface area is 111 Å². The molecule has 0 spiro atoms. The Morgan fingerprint density at radius 1 is 1.32 bits per heavy atom. The molecule has 1 N–H and O–H groups in total. The number of carbonyl (C=O) groups excluding carboxylic acids is 2. The molecule has 0 bridgehead atoms. The third-order valence-electron chi connectivity index (χ3n) is 3.09. The standard InChI is InChI=1S/C14H17FN2O2/c1-4-17(7-8(2)3)12-6-11-9(5-10(12)15)13(18)14(19)16-11/h5-6,8H,4,7H2,1-3H3,(H,16,18,19). The molecule has 0 aromatic heterocycles. The van der Waals surface area contributed by atoms with Gasteiger partial charge in [0.05, 0.1) is 16.9 Å². The monoisotopic (exact) mass is 264 g/mol. The van der Waals surface area contributed by atoms with Crippen LogP contribution in [0.2, 0.25) is 0 Å². The summed E-state index contributed by atoms with van der Waals surface area (Å²) in [6, 6.07) is 2.69. The molecule has 0 unspecified atom stereocenters. The molecule has 0 radical (unpaired) electrons. The fourth-order valence-electron chi connectivity index (χ4n) is 2.24. The van der Waals surface area contributed by atoms with Gasteiger partial charge in [0.1, 0.15) is 5.82 Å². The smallest absolute Gasteiger partial charge is 0.296 e. The highest BCUT2D eigenvalue weighted by Gasteiger charge is 2.30. The Morgan fingerprint density at radius 3 is 2.58 bits per heavy atom. The van der Waals surface area contributed by atoms with E-state index in [2.05, 4.69) is 19.2 Å². The number of hydrogen-bond acceptors (Lipinski definition) is 3. The van der Waals surface area contributed by atoms with E-state index in [9.17, 15) is 14.0 Å². The van der Waals surface area contributed by atoms with Crippen molar-refractivity contribution >= 4 is 23.1 Å². The van der Waals surface area contributed by atoms with Gasteiger partial charge in [-0.25, -0.2) is 4.39 Å². The molecule has 5 heteroatoms.